The molecule has 2 amide bonds. The molecule has 1 aliphatic heterocycles. The highest BCUT2D eigenvalue weighted by atomic mass is 19.4. The number of nitrogens with zero attached hydrogens (tertiary/aromatic N) is 2. The van der Waals surface area contributed by atoms with E-state index < -0.39 is 41.6 Å². The van der Waals surface area contributed by atoms with Gasteiger partial charge in [0, 0.05) is 5.56 Å². The van der Waals surface area contributed by atoms with Crippen LogP contribution in [0.15, 0.2) is 22.7 Å². The van der Waals surface area contributed by atoms with E-state index in [0.717, 1.165) is 18.2 Å². The van der Waals surface area contributed by atoms with Crippen molar-refractivity contribution in [2.75, 3.05) is 6.61 Å². The average Bonchev–Trinajstić information content (AvgIpc) is 3.17. The molecule has 1 aliphatic rings. The summed E-state index contributed by atoms with van der Waals surface area (Å²) in [5.74, 6) is -4.58. The summed E-state index contributed by atoms with van der Waals surface area (Å²) < 4.78 is 55.4. The van der Waals surface area contributed by atoms with E-state index >= 15 is 0 Å². The van der Waals surface area contributed by atoms with Crippen LogP contribution in [0.4, 0.5) is 17.6 Å². The molecule has 0 aliphatic carbocycles. The maximum atomic E-state index is 14.1. The fourth-order valence-electron chi connectivity index (χ4n) is 1.98. The van der Waals surface area contributed by atoms with E-state index in [0.29, 0.717) is 0 Å². The largest absolute Gasteiger partial charge is 0.471 e. The lowest BCUT2D eigenvalue weighted by molar-refractivity contribution is -0.159. The lowest BCUT2D eigenvalue weighted by Crippen LogP contribution is -2.41. The van der Waals surface area contributed by atoms with E-state index in [2.05, 4.69) is 24.8 Å². The van der Waals surface area contributed by atoms with Crippen LogP contribution in [-0.4, -0.2) is 34.6 Å². The molecule has 132 valence electrons. The first-order valence-electron chi connectivity index (χ1n) is 6.69. The monoisotopic (exact) mass is 360 g/mol. The molecule has 1 unspecified atom stereocenters. The van der Waals surface area contributed by atoms with Gasteiger partial charge in [0.2, 0.25) is 5.82 Å². The Balaban J connectivity index is 1.80. The molecular weight excluding hydrogens is 352 g/mol. The number of halogens is 4. The van der Waals surface area contributed by atoms with Crippen molar-refractivity contribution in [2.24, 2.45) is 0 Å². The Morgan fingerprint density at radius 1 is 1.36 bits per heavy atom. The Morgan fingerprint density at radius 3 is 2.68 bits per heavy atom. The number of rotatable bonds is 3. The molecule has 0 spiro atoms. The second-order valence-electron chi connectivity index (χ2n) is 4.92. The predicted octanol–water partition coefficient (Wildman–Crippen LogP) is 1.05. The first-order chi connectivity index (χ1) is 11.8. The zero-order valence-corrected chi connectivity index (χ0v) is 12.1. The van der Waals surface area contributed by atoms with E-state index in [1.807, 2.05) is 5.48 Å². The number of amides is 2. The molecule has 0 saturated carbocycles. The van der Waals surface area contributed by atoms with Crippen LogP contribution in [-0.2, 0) is 15.8 Å². The molecule has 1 aromatic heterocycles. The average molecular weight is 360 g/mol. The molecule has 2 heterocycles. The van der Waals surface area contributed by atoms with Gasteiger partial charge in [-0.3, -0.25) is 14.4 Å². The first kappa shape index (κ1) is 16.8. The third kappa shape index (κ3) is 3.42. The molecule has 1 fully saturated rings. The highest BCUT2D eigenvalue weighted by Crippen LogP contribution is 2.30. The number of hydroxylamine groups is 1. The molecule has 2 aromatic rings. The summed E-state index contributed by atoms with van der Waals surface area (Å²) in [5.41, 5.74) is 1.51. The predicted molar refractivity (Wildman–Crippen MR) is 70.0 cm³/mol. The Hall–Kier alpha value is -3.02. The summed E-state index contributed by atoms with van der Waals surface area (Å²) in [5, 5.41) is 5.38. The first-order valence-corrected chi connectivity index (χ1v) is 6.69. The summed E-state index contributed by atoms with van der Waals surface area (Å²) in [4.78, 5) is 31.0. The number of nitrogens with one attached hydrogen (secondary N) is 2. The minimum absolute atomic E-state index is 0.0891. The van der Waals surface area contributed by atoms with Crippen molar-refractivity contribution in [3.05, 3.63) is 35.5 Å². The van der Waals surface area contributed by atoms with E-state index in [1.54, 1.807) is 0 Å². The molecule has 1 atom stereocenters. The van der Waals surface area contributed by atoms with Crippen molar-refractivity contribution in [3.63, 3.8) is 0 Å². The van der Waals surface area contributed by atoms with Gasteiger partial charge in [-0.1, -0.05) is 5.16 Å². The molecule has 2 N–H and O–H groups in total. The lowest BCUT2D eigenvalue weighted by atomic mass is 10.1. The van der Waals surface area contributed by atoms with Gasteiger partial charge in [-0.05, 0) is 18.2 Å². The Kier molecular flexibility index (Phi) is 4.12. The van der Waals surface area contributed by atoms with Gasteiger partial charge in [-0.15, -0.1) is 0 Å². The fourth-order valence-corrected chi connectivity index (χ4v) is 1.98. The van der Waals surface area contributed by atoms with Crippen LogP contribution in [0.3, 0.4) is 0 Å². The minimum atomic E-state index is -4.86. The summed E-state index contributed by atoms with van der Waals surface area (Å²) in [6, 6.07) is 2.02. The lowest BCUT2D eigenvalue weighted by Gasteiger charge is -2.09. The highest BCUT2D eigenvalue weighted by Gasteiger charge is 2.38. The third-order valence-corrected chi connectivity index (χ3v) is 3.19. The topological polar surface area (TPSA) is 106 Å². The van der Waals surface area contributed by atoms with Gasteiger partial charge in [-0.25, -0.2) is 9.87 Å². The number of carbonyl (C=O) groups excluding carboxylic acids is 2. The maximum Gasteiger partial charge on any atom is 0.471 e. The minimum Gasteiger partial charge on any atom is -0.338 e. The second kappa shape index (κ2) is 6.12. The smallest absolute Gasteiger partial charge is 0.338 e. The Bertz CT molecular complexity index is 836. The summed E-state index contributed by atoms with van der Waals surface area (Å²) in [7, 11) is 0. The molecule has 1 saturated heterocycles. The quantitative estimate of drug-likeness (QED) is 0.793. The second-order valence-corrected chi connectivity index (χ2v) is 4.92. The van der Waals surface area contributed by atoms with E-state index in [4.69, 9.17) is 0 Å². The van der Waals surface area contributed by atoms with Gasteiger partial charge in [0.15, 0.2) is 0 Å². The molecular formula is C13H8F4N4O4. The van der Waals surface area contributed by atoms with Crippen LogP contribution >= 0.6 is 0 Å². The Morgan fingerprint density at radius 2 is 2.12 bits per heavy atom. The van der Waals surface area contributed by atoms with Gasteiger partial charge >= 0.3 is 12.1 Å². The SMILES string of the molecule is O=C(NC1CONC1=O)c1ccc(-c2noc(C(F)(F)F)n2)c(F)c1. The zero-order valence-electron chi connectivity index (χ0n) is 12.1. The van der Waals surface area contributed by atoms with Crippen molar-refractivity contribution >= 4 is 11.8 Å². The van der Waals surface area contributed by atoms with Crippen LogP contribution in [0.2, 0.25) is 0 Å². The van der Waals surface area contributed by atoms with E-state index in [1.165, 1.54) is 0 Å². The van der Waals surface area contributed by atoms with Gasteiger partial charge in [0.1, 0.15) is 18.5 Å². The van der Waals surface area contributed by atoms with Crippen molar-refractivity contribution in [1.82, 2.24) is 20.9 Å². The summed E-state index contributed by atoms with van der Waals surface area (Å²) in [6.45, 7) is -0.0891. The molecule has 12 heteroatoms. The van der Waals surface area contributed by atoms with Gasteiger partial charge < -0.3 is 9.84 Å². The van der Waals surface area contributed by atoms with Crippen molar-refractivity contribution in [2.45, 2.75) is 12.2 Å². The van der Waals surface area contributed by atoms with Crippen LogP contribution in [0.1, 0.15) is 16.2 Å². The van der Waals surface area contributed by atoms with Crippen molar-refractivity contribution in [1.29, 1.82) is 0 Å². The number of carbonyl (C=O) groups is 2. The highest BCUT2D eigenvalue weighted by molar-refractivity contribution is 5.98. The fraction of sp³-hybridized carbons (Fsp3) is 0.231. The van der Waals surface area contributed by atoms with Crippen LogP contribution in [0.25, 0.3) is 11.4 Å². The van der Waals surface area contributed by atoms with Gasteiger partial charge in [0.25, 0.3) is 11.8 Å². The van der Waals surface area contributed by atoms with Crippen molar-refractivity contribution < 1.29 is 36.5 Å². The van der Waals surface area contributed by atoms with Crippen LogP contribution in [0.5, 0.6) is 0 Å². The Labute approximate surface area is 136 Å². The molecule has 0 bridgehead atoms. The summed E-state index contributed by atoms with van der Waals surface area (Å²) >= 11 is 0. The van der Waals surface area contributed by atoms with Crippen LogP contribution < -0.4 is 10.8 Å². The molecule has 3 rings (SSSR count). The number of benzene rings is 1. The standard InChI is InChI=1S/C13H8F4N4O4/c14-7-3-5(10(22)18-8-4-24-21-11(8)23)1-2-6(7)9-19-12(25-20-9)13(15,16)17/h1-3,8H,4H2,(H,18,22)(H,21,23). The number of hydrogen-bond donors (Lipinski definition) is 2. The molecule has 8 nitrogen and oxygen atoms in total. The maximum absolute atomic E-state index is 14.1. The normalized spacial score (nSPS) is 17.4. The van der Waals surface area contributed by atoms with Crippen LogP contribution in [0, 0.1) is 5.82 Å². The molecule has 25 heavy (non-hydrogen) atoms. The van der Waals surface area contributed by atoms with Gasteiger partial charge in [-0.2, -0.15) is 18.2 Å². The molecule has 1 aromatic carbocycles. The van der Waals surface area contributed by atoms with Crippen molar-refractivity contribution in [3.8, 4) is 11.4 Å². The summed E-state index contributed by atoms with van der Waals surface area (Å²) in [6.07, 6.45) is -4.86. The molecule has 0 radical (unpaired) electrons. The van der Waals surface area contributed by atoms with E-state index in [-0.39, 0.29) is 17.7 Å². The van der Waals surface area contributed by atoms with E-state index in [9.17, 15) is 27.2 Å². The number of hydrogen-bond acceptors (Lipinski definition) is 6. The number of aromatic nitrogens is 2. The van der Waals surface area contributed by atoms with Gasteiger partial charge in [0.05, 0.1) is 5.56 Å². The zero-order chi connectivity index (χ0) is 18.2. The number of alkyl halides is 3. The third-order valence-electron chi connectivity index (χ3n) is 3.19.